The number of hydrogen-bond donors (Lipinski definition) is 1. The number of halogens is 2. The summed E-state index contributed by atoms with van der Waals surface area (Å²) >= 11 is 0. The standard InChI is InChI=1S/C19H15F2N3O2/c1-25-16-7-6-12(8-17(16)26-19(20)21)10-24-18-13(9-22)11-23-15-5-3-2-4-14(15)18/h2-8,11,19H,10H2,1H3,(H,23,24). The minimum Gasteiger partial charge on any atom is -0.493 e. The molecule has 132 valence electrons. The summed E-state index contributed by atoms with van der Waals surface area (Å²) in [4.78, 5) is 4.25. The molecule has 7 heteroatoms. The highest BCUT2D eigenvalue weighted by Crippen LogP contribution is 2.31. The highest BCUT2D eigenvalue weighted by molar-refractivity contribution is 5.93. The van der Waals surface area contributed by atoms with E-state index in [0.29, 0.717) is 23.4 Å². The fourth-order valence-corrected chi connectivity index (χ4v) is 2.63. The second kappa shape index (κ2) is 7.66. The predicted molar refractivity (Wildman–Crippen MR) is 93.4 cm³/mol. The molecule has 0 bridgehead atoms. The molecule has 0 aliphatic carbocycles. The van der Waals surface area contributed by atoms with Crippen LogP contribution in [-0.2, 0) is 6.54 Å². The summed E-state index contributed by atoms with van der Waals surface area (Å²) in [6.07, 6.45) is 1.50. The van der Waals surface area contributed by atoms with E-state index in [9.17, 15) is 14.0 Å². The highest BCUT2D eigenvalue weighted by atomic mass is 19.3. The van der Waals surface area contributed by atoms with Gasteiger partial charge in [0.05, 0.1) is 23.9 Å². The van der Waals surface area contributed by atoms with Gasteiger partial charge in [0.1, 0.15) is 6.07 Å². The molecule has 0 saturated carbocycles. The molecule has 5 nitrogen and oxygen atoms in total. The van der Waals surface area contributed by atoms with Crippen molar-refractivity contribution in [3.63, 3.8) is 0 Å². The highest BCUT2D eigenvalue weighted by Gasteiger charge is 2.12. The maximum absolute atomic E-state index is 12.6. The Morgan fingerprint density at radius 1 is 1.19 bits per heavy atom. The number of nitrogens with zero attached hydrogens (tertiary/aromatic N) is 2. The van der Waals surface area contributed by atoms with Crippen LogP contribution in [0.25, 0.3) is 10.9 Å². The number of fused-ring (bicyclic) bond motifs is 1. The third-order valence-corrected chi connectivity index (χ3v) is 3.81. The fraction of sp³-hybridized carbons (Fsp3) is 0.158. The number of aromatic nitrogens is 1. The summed E-state index contributed by atoms with van der Waals surface area (Å²) in [5.74, 6) is 0.183. The number of anilines is 1. The predicted octanol–water partition coefficient (Wildman–Crippen LogP) is 4.33. The molecule has 0 aliphatic heterocycles. The van der Waals surface area contributed by atoms with Gasteiger partial charge in [-0.3, -0.25) is 4.98 Å². The molecule has 3 rings (SSSR count). The number of nitriles is 1. The van der Waals surface area contributed by atoms with Crippen LogP contribution in [0, 0.1) is 11.3 Å². The van der Waals surface area contributed by atoms with Gasteiger partial charge < -0.3 is 14.8 Å². The summed E-state index contributed by atoms with van der Waals surface area (Å²) in [7, 11) is 1.38. The van der Waals surface area contributed by atoms with E-state index < -0.39 is 6.61 Å². The monoisotopic (exact) mass is 355 g/mol. The van der Waals surface area contributed by atoms with Crippen LogP contribution in [0.2, 0.25) is 0 Å². The van der Waals surface area contributed by atoms with Gasteiger partial charge >= 0.3 is 6.61 Å². The molecule has 0 amide bonds. The molecule has 1 heterocycles. The molecule has 26 heavy (non-hydrogen) atoms. The number of pyridine rings is 1. The Bertz CT molecular complexity index is 971. The van der Waals surface area contributed by atoms with E-state index in [4.69, 9.17) is 4.74 Å². The van der Waals surface area contributed by atoms with Crippen molar-refractivity contribution in [1.29, 1.82) is 5.26 Å². The van der Waals surface area contributed by atoms with Gasteiger partial charge in [0.2, 0.25) is 0 Å². The average molecular weight is 355 g/mol. The average Bonchev–Trinajstić information content (AvgIpc) is 2.65. The first-order valence-electron chi connectivity index (χ1n) is 7.76. The summed E-state index contributed by atoms with van der Waals surface area (Å²) in [5, 5.41) is 13.3. The van der Waals surface area contributed by atoms with Crippen LogP contribution in [0.15, 0.2) is 48.7 Å². The number of methoxy groups -OCH3 is 1. The lowest BCUT2D eigenvalue weighted by molar-refractivity contribution is -0.0512. The lowest BCUT2D eigenvalue weighted by atomic mass is 10.1. The molecule has 3 aromatic rings. The van der Waals surface area contributed by atoms with Gasteiger partial charge in [-0.25, -0.2) is 0 Å². The van der Waals surface area contributed by atoms with Crippen molar-refractivity contribution < 1.29 is 18.3 Å². The maximum atomic E-state index is 12.6. The first kappa shape index (κ1) is 17.4. The van der Waals surface area contributed by atoms with E-state index in [-0.39, 0.29) is 11.5 Å². The van der Waals surface area contributed by atoms with Gasteiger partial charge in [-0.05, 0) is 23.8 Å². The molecule has 0 aliphatic rings. The zero-order chi connectivity index (χ0) is 18.5. The van der Waals surface area contributed by atoms with Crippen LogP contribution in [0.3, 0.4) is 0 Å². The number of ether oxygens (including phenoxy) is 2. The van der Waals surface area contributed by atoms with Crippen LogP contribution in [-0.4, -0.2) is 18.7 Å². The van der Waals surface area contributed by atoms with Gasteiger partial charge in [-0.15, -0.1) is 0 Å². The third-order valence-electron chi connectivity index (χ3n) is 3.81. The van der Waals surface area contributed by atoms with E-state index in [1.165, 1.54) is 19.4 Å². The van der Waals surface area contributed by atoms with Crippen molar-refractivity contribution in [2.75, 3.05) is 12.4 Å². The van der Waals surface area contributed by atoms with Crippen LogP contribution in [0.4, 0.5) is 14.5 Å². The van der Waals surface area contributed by atoms with Crippen LogP contribution >= 0.6 is 0 Å². The van der Waals surface area contributed by atoms with Gasteiger partial charge in [-0.2, -0.15) is 14.0 Å². The van der Waals surface area contributed by atoms with Gasteiger partial charge in [-0.1, -0.05) is 24.3 Å². The normalized spacial score (nSPS) is 10.6. The first-order chi connectivity index (χ1) is 12.6. The maximum Gasteiger partial charge on any atom is 0.387 e. The van der Waals surface area contributed by atoms with E-state index in [1.807, 2.05) is 24.3 Å². The largest absolute Gasteiger partial charge is 0.493 e. The molecule has 1 N–H and O–H groups in total. The second-order valence-corrected chi connectivity index (χ2v) is 5.39. The van der Waals surface area contributed by atoms with Crippen molar-refractivity contribution in [2.45, 2.75) is 13.2 Å². The van der Waals surface area contributed by atoms with E-state index in [1.54, 1.807) is 12.1 Å². The lowest BCUT2D eigenvalue weighted by Crippen LogP contribution is -2.06. The molecule has 0 spiro atoms. The lowest BCUT2D eigenvalue weighted by Gasteiger charge is -2.14. The molecule has 0 saturated heterocycles. The zero-order valence-corrected chi connectivity index (χ0v) is 13.9. The Morgan fingerprint density at radius 3 is 2.73 bits per heavy atom. The number of hydrogen-bond acceptors (Lipinski definition) is 5. The van der Waals surface area contributed by atoms with Crippen molar-refractivity contribution in [3.05, 3.63) is 59.8 Å². The van der Waals surface area contributed by atoms with Gasteiger partial charge in [0.25, 0.3) is 0 Å². The Hall–Kier alpha value is -3.40. The third kappa shape index (κ3) is 3.64. The van der Waals surface area contributed by atoms with Crippen molar-refractivity contribution in [3.8, 4) is 17.6 Å². The minimum absolute atomic E-state index is 0.0399. The summed E-state index contributed by atoms with van der Waals surface area (Å²) < 4.78 is 34.6. The van der Waals surface area contributed by atoms with Crippen LogP contribution < -0.4 is 14.8 Å². The fourth-order valence-electron chi connectivity index (χ4n) is 2.63. The molecule has 1 aromatic heterocycles. The second-order valence-electron chi connectivity index (χ2n) is 5.39. The Morgan fingerprint density at radius 2 is 2.00 bits per heavy atom. The zero-order valence-electron chi connectivity index (χ0n) is 13.9. The number of rotatable bonds is 6. The number of benzene rings is 2. The van der Waals surface area contributed by atoms with E-state index in [2.05, 4.69) is 21.1 Å². The number of nitrogens with one attached hydrogen (secondary N) is 1. The molecular weight excluding hydrogens is 340 g/mol. The van der Waals surface area contributed by atoms with Crippen LogP contribution in [0.5, 0.6) is 11.5 Å². The molecule has 0 radical (unpaired) electrons. The Balaban J connectivity index is 1.90. The molecule has 0 fully saturated rings. The molecule has 2 aromatic carbocycles. The van der Waals surface area contributed by atoms with Gasteiger partial charge in [0.15, 0.2) is 11.5 Å². The molecule has 0 unspecified atom stereocenters. The quantitative estimate of drug-likeness (QED) is 0.713. The topological polar surface area (TPSA) is 67.2 Å². The van der Waals surface area contributed by atoms with E-state index >= 15 is 0 Å². The Labute approximate surface area is 148 Å². The SMILES string of the molecule is COc1ccc(CNc2c(C#N)cnc3ccccc23)cc1OC(F)F. The summed E-state index contributed by atoms with van der Waals surface area (Å²) in [6, 6.07) is 14.3. The van der Waals surface area contributed by atoms with Crippen molar-refractivity contribution in [1.82, 2.24) is 4.98 Å². The summed E-state index contributed by atoms with van der Waals surface area (Å²) in [6.45, 7) is -2.63. The van der Waals surface area contributed by atoms with Crippen molar-refractivity contribution >= 4 is 16.6 Å². The number of para-hydroxylation sites is 1. The first-order valence-corrected chi connectivity index (χ1v) is 7.76. The minimum atomic E-state index is -2.94. The molecular formula is C19H15F2N3O2. The van der Waals surface area contributed by atoms with Gasteiger partial charge in [0, 0.05) is 18.1 Å². The summed E-state index contributed by atoms with van der Waals surface area (Å²) in [5.41, 5.74) is 2.50. The number of alkyl halides is 2. The van der Waals surface area contributed by atoms with E-state index in [0.717, 1.165) is 10.9 Å². The smallest absolute Gasteiger partial charge is 0.387 e. The van der Waals surface area contributed by atoms with Crippen LogP contribution in [0.1, 0.15) is 11.1 Å². The Kier molecular flexibility index (Phi) is 5.13. The van der Waals surface area contributed by atoms with Crippen molar-refractivity contribution in [2.24, 2.45) is 0 Å². The molecule has 0 atom stereocenters.